The summed E-state index contributed by atoms with van der Waals surface area (Å²) in [5.74, 6) is -2.49. The van der Waals surface area contributed by atoms with Crippen LogP contribution in [0, 0.1) is 11.7 Å². The van der Waals surface area contributed by atoms with Gasteiger partial charge in [-0.1, -0.05) is 12.1 Å². The van der Waals surface area contributed by atoms with Crippen LogP contribution in [0.2, 0.25) is 0 Å². The molecule has 0 unspecified atom stereocenters. The Morgan fingerprint density at radius 1 is 1.10 bits per heavy atom. The summed E-state index contributed by atoms with van der Waals surface area (Å²) in [7, 11) is 0. The van der Waals surface area contributed by atoms with E-state index in [0.29, 0.717) is 0 Å². The largest absolute Gasteiger partial charge is 0.391 e. The SMILES string of the molecule is O=C(NC1CCC(C(F)(F)F)CC1)c1ccccc1F. The smallest absolute Gasteiger partial charge is 0.349 e. The molecule has 0 aliphatic heterocycles. The molecule has 1 aliphatic rings. The standard InChI is InChI=1S/C14H15F4NO/c15-12-4-2-1-3-11(12)13(20)19-10-7-5-9(6-8-10)14(16,17)18/h1-4,9-10H,5-8H2,(H,19,20). The lowest BCUT2D eigenvalue weighted by Crippen LogP contribution is -2.40. The average Bonchev–Trinajstić information content (AvgIpc) is 2.38. The predicted octanol–water partition coefficient (Wildman–Crippen LogP) is 3.68. The number of alkyl halides is 3. The number of hydrogen-bond acceptors (Lipinski definition) is 1. The number of carbonyl (C=O) groups is 1. The highest BCUT2D eigenvalue weighted by atomic mass is 19.4. The van der Waals surface area contributed by atoms with Gasteiger partial charge in [0.15, 0.2) is 0 Å². The van der Waals surface area contributed by atoms with Crippen molar-refractivity contribution in [3.63, 3.8) is 0 Å². The lowest BCUT2D eigenvalue weighted by atomic mass is 9.85. The lowest BCUT2D eigenvalue weighted by molar-refractivity contribution is -0.182. The summed E-state index contributed by atoms with van der Waals surface area (Å²) in [5, 5.41) is 2.60. The predicted molar refractivity (Wildman–Crippen MR) is 65.7 cm³/mol. The average molecular weight is 289 g/mol. The molecule has 1 N–H and O–H groups in total. The fourth-order valence-electron chi connectivity index (χ4n) is 2.47. The Kier molecular flexibility index (Phi) is 4.30. The zero-order chi connectivity index (χ0) is 14.8. The Hall–Kier alpha value is -1.59. The topological polar surface area (TPSA) is 29.1 Å². The van der Waals surface area contributed by atoms with Gasteiger partial charge in [-0.3, -0.25) is 4.79 Å². The molecule has 1 aromatic carbocycles. The molecule has 0 bridgehead atoms. The molecule has 6 heteroatoms. The molecule has 1 aromatic rings. The van der Waals surface area contributed by atoms with Gasteiger partial charge in [0.05, 0.1) is 11.5 Å². The minimum Gasteiger partial charge on any atom is -0.349 e. The molecule has 1 fully saturated rings. The summed E-state index contributed by atoms with van der Waals surface area (Å²) in [4.78, 5) is 11.8. The second-order valence-electron chi connectivity index (χ2n) is 5.04. The van der Waals surface area contributed by atoms with E-state index in [1.165, 1.54) is 18.2 Å². The van der Waals surface area contributed by atoms with Crippen LogP contribution in [0.1, 0.15) is 36.0 Å². The molecule has 0 spiro atoms. The van der Waals surface area contributed by atoms with Gasteiger partial charge in [-0.05, 0) is 37.8 Å². The molecule has 0 saturated heterocycles. The highest BCUT2D eigenvalue weighted by Crippen LogP contribution is 2.37. The first-order valence-corrected chi connectivity index (χ1v) is 6.50. The number of halogens is 4. The maximum Gasteiger partial charge on any atom is 0.391 e. The number of rotatable bonds is 2. The Morgan fingerprint density at radius 3 is 2.25 bits per heavy atom. The Morgan fingerprint density at radius 2 is 1.70 bits per heavy atom. The molecular weight excluding hydrogens is 274 g/mol. The number of carbonyl (C=O) groups excluding carboxylic acids is 1. The number of nitrogens with one attached hydrogen (secondary N) is 1. The number of benzene rings is 1. The van der Waals surface area contributed by atoms with E-state index in [2.05, 4.69) is 5.32 Å². The van der Waals surface area contributed by atoms with E-state index in [9.17, 15) is 22.4 Å². The van der Waals surface area contributed by atoms with Crippen LogP contribution in [-0.2, 0) is 0 Å². The molecule has 1 amide bonds. The van der Waals surface area contributed by atoms with Crippen molar-refractivity contribution in [1.82, 2.24) is 5.32 Å². The van der Waals surface area contributed by atoms with Crippen LogP contribution < -0.4 is 5.32 Å². The van der Waals surface area contributed by atoms with E-state index >= 15 is 0 Å². The zero-order valence-electron chi connectivity index (χ0n) is 10.7. The van der Waals surface area contributed by atoms with Crippen LogP contribution in [0.4, 0.5) is 17.6 Å². The van der Waals surface area contributed by atoms with Crippen LogP contribution >= 0.6 is 0 Å². The molecule has 0 aromatic heterocycles. The monoisotopic (exact) mass is 289 g/mol. The van der Waals surface area contributed by atoms with Gasteiger partial charge in [-0.2, -0.15) is 13.2 Å². The van der Waals surface area contributed by atoms with Crippen molar-refractivity contribution in [2.75, 3.05) is 0 Å². The van der Waals surface area contributed by atoms with Crippen molar-refractivity contribution in [3.05, 3.63) is 35.6 Å². The van der Waals surface area contributed by atoms with Crippen LogP contribution in [0.5, 0.6) is 0 Å². The van der Waals surface area contributed by atoms with E-state index in [1.807, 2.05) is 0 Å². The van der Waals surface area contributed by atoms with Crippen LogP contribution in [0.15, 0.2) is 24.3 Å². The Labute approximate surface area is 114 Å². The molecular formula is C14H15F4NO. The van der Waals surface area contributed by atoms with Crippen molar-refractivity contribution in [2.45, 2.75) is 37.9 Å². The second kappa shape index (κ2) is 5.81. The Bertz CT molecular complexity index is 478. The maximum atomic E-state index is 13.4. The third kappa shape index (κ3) is 3.49. The number of hydrogen-bond donors (Lipinski definition) is 1. The van der Waals surface area contributed by atoms with Crippen LogP contribution in [-0.4, -0.2) is 18.1 Å². The third-order valence-corrected chi connectivity index (χ3v) is 3.64. The lowest BCUT2D eigenvalue weighted by Gasteiger charge is -2.30. The number of amides is 1. The fraction of sp³-hybridized carbons (Fsp3) is 0.500. The summed E-state index contributed by atoms with van der Waals surface area (Å²) in [5.41, 5.74) is -0.0783. The minimum atomic E-state index is -4.17. The van der Waals surface area contributed by atoms with Gasteiger partial charge in [-0.25, -0.2) is 4.39 Å². The molecule has 20 heavy (non-hydrogen) atoms. The van der Waals surface area contributed by atoms with Crippen molar-refractivity contribution >= 4 is 5.91 Å². The van der Waals surface area contributed by atoms with Gasteiger partial charge in [-0.15, -0.1) is 0 Å². The summed E-state index contributed by atoms with van der Waals surface area (Å²) < 4.78 is 50.9. The third-order valence-electron chi connectivity index (χ3n) is 3.64. The molecule has 2 nitrogen and oxygen atoms in total. The molecule has 110 valence electrons. The summed E-state index contributed by atoms with van der Waals surface area (Å²) >= 11 is 0. The normalized spacial score (nSPS) is 23.4. The Balaban J connectivity index is 1.90. The van der Waals surface area contributed by atoms with E-state index < -0.39 is 23.8 Å². The summed E-state index contributed by atoms with van der Waals surface area (Å²) in [6, 6.07) is 5.22. The molecule has 2 rings (SSSR count). The molecule has 0 atom stereocenters. The first-order valence-electron chi connectivity index (χ1n) is 6.50. The van der Waals surface area contributed by atoms with Gasteiger partial charge in [0.1, 0.15) is 5.82 Å². The fourth-order valence-corrected chi connectivity index (χ4v) is 2.47. The van der Waals surface area contributed by atoms with Gasteiger partial charge in [0.25, 0.3) is 5.91 Å². The molecule has 0 heterocycles. The van der Waals surface area contributed by atoms with Crippen molar-refractivity contribution < 1.29 is 22.4 Å². The highest BCUT2D eigenvalue weighted by Gasteiger charge is 2.41. The van der Waals surface area contributed by atoms with Gasteiger partial charge >= 0.3 is 6.18 Å². The molecule has 0 radical (unpaired) electrons. The minimum absolute atomic E-state index is 0.00567. The van der Waals surface area contributed by atoms with Gasteiger partial charge in [0.2, 0.25) is 0 Å². The van der Waals surface area contributed by atoms with E-state index in [0.717, 1.165) is 0 Å². The van der Waals surface area contributed by atoms with Crippen LogP contribution in [0.3, 0.4) is 0 Å². The maximum absolute atomic E-state index is 13.4. The molecule has 1 aliphatic carbocycles. The second-order valence-corrected chi connectivity index (χ2v) is 5.04. The van der Waals surface area contributed by atoms with Gasteiger partial charge < -0.3 is 5.32 Å². The van der Waals surface area contributed by atoms with Crippen molar-refractivity contribution in [3.8, 4) is 0 Å². The van der Waals surface area contributed by atoms with E-state index in [-0.39, 0.29) is 37.3 Å². The van der Waals surface area contributed by atoms with Crippen LogP contribution in [0.25, 0.3) is 0 Å². The summed E-state index contributed by atoms with van der Waals surface area (Å²) in [6.45, 7) is 0. The highest BCUT2D eigenvalue weighted by molar-refractivity contribution is 5.94. The zero-order valence-corrected chi connectivity index (χ0v) is 10.7. The van der Waals surface area contributed by atoms with E-state index in [1.54, 1.807) is 6.07 Å². The van der Waals surface area contributed by atoms with Crippen molar-refractivity contribution in [2.24, 2.45) is 5.92 Å². The van der Waals surface area contributed by atoms with E-state index in [4.69, 9.17) is 0 Å². The first-order chi connectivity index (χ1) is 9.38. The summed E-state index contributed by atoms with van der Waals surface area (Å²) in [6.07, 6.45) is -3.62. The first kappa shape index (κ1) is 14.8. The van der Waals surface area contributed by atoms with Gasteiger partial charge in [0, 0.05) is 6.04 Å². The van der Waals surface area contributed by atoms with Crippen molar-refractivity contribution in [1.29, 1.82) is 0 Å². The molecule has 1 saturated carbocycles. The quantitative estimate of drug-likeness (QED) is 0.827.